The van der Waals surface area contributed by atoms with E-state index < -0.39 is 5.97 Å². The predicted molar refractivity (Wildman–Crippen MR) is 74.9 cm³/mol. The molecule has 1 aromatic heterocycles. The maximum absolute atomic E-state index is 11.9. The monoisotopic (exact) mass is 342 g/mol. The molecule has 0 fully saturated rings. The van der Waals surface area contributed by atoms with Crippen LogP contribution in [0, 0.1) is 0 Å². The third-order valence-corrected chi connectivity index (χ3v) is 2.97. The number of nitrogens with one attached hydrogen (secondary N) is 2. The highest BCUT2D eigenvalue weighted by Gasteiger charge is 2.11. The average Bonchev–Trinajstić information content (AvgIpc) is 2.75. The number of carboxylic acids is 1. The minimum Gasteiger partial charge on any atom is -0.478 e. The second kappa shape index (κ2) is 5.46. The van der Waals surface area contributed by atoms with Crippen LogP contribution in [0.4, 0.5) is 5.69 Å². The van der Waals surface area contributed by atoms with Gasteiger partial charge in [-0.05, 0) is 40.2 Å². The van der Waals surface area contributed by atoms with Crippen LogP contribution in [0.15, 0.2) is 34.9 Å². The molecule has 0 radical (unpaired) electrons. The molecule has 0 bridgehead atoms. The van der Waals surface area contributed by atoms with Gasteiger partial charge in [0.15, 0.2) is 0 Å². The Morgan fingerprint density at radius 3 is 2.58 bits per heavy atom. The zero-order valence-electron chi connectivity index (χ0n) is 9.41. The lowest BCUT2D eigenvalue weighted by atomic mass is 10.2. The zero-order valence-corrected chi connectivity index (χ0v) is 11.7. The maximum atomic E-state index is 11.9. The number of H-pyrrole nitrogens is 1. The van der Waals surface area contributed by atoms with E-state index in [4.69, 9.17) is 16.7 Å². The molecule has 1 aromatic carbocycles. The molecule has 0 unspecified atom stereocenters. The number of hydrogen-bond donors (Lipinski definition) is 3. The molecule has 2 rings (SSSR count). The van der Waals surface area contributed by atoms with Crippen LogP contribution in [0.2, 0.25) is 5.02 Å². The van der Waals surface area contributed by atoms with Crippen LogP contribution in [-0.2, 0) is 0 Å². The number of aromatic amines is 1. The molecule has 0 aliphatic carbocycles. The van der Waals surface area contributed by atoms with Gasteiger partial charge in [-0.1, -0.05) is 11.6 Å². The highest BCUT2D eigenvalue weighted by Crippen LogP contribution is 2.20. The summed E-state index contributed by atoms with van der Waals surface area (Å²) >= 11 is 9.02. The van der Waals surface area contributed by atoms with E-state index in [1.807, 2.05) is 0 Å². The number of amides is 1. The summed E-state index contributed by atoms with van der Waals surface area (Å²) in [5.41, 5.74) is 0.680. The van der Waals surface area contributed by atoms with Crippen LogP contribution < -0.4 is 5.32 Å². The highest BCUT2D eigenvalue weighted by atomic mass is 79.9. The van der Waals surface area contributed by atoms with Crippen LogP contribution >= 0.6 is 27.5 Å². The van der Waals surface area contributed by atoms with Crippen molar-refractivity contribution in [2.45, 2.75) is 0 Å². The molecule has 2 aromatic rings. The minimum absolute atomic E-state index is 0.00969. The summed E-state index contributed by atoms with van der Waals surface area (Å²) in [6.07, 6.45) is 1.62. The molecule has 0 aliphatic heterocycles. The minimum atomic E-state index is -1.11. The van der Waals surface area contributed by atoms with E-state index in [1.54, 1.807) is 12.3 Å². The van der Waals surface area contributed by atoms with Crippen LogP contribution in [0.1, 0.15) is 20.8 Å². The van der Waals surface area contributed by atoms with E-state index in [0.717, 1.165) is 4.47 Å². The van der Waals surface area contributed by atoms with Gasteiger partial charge in [0.25, 0.3) is 5.91 Å². The number of carbonyl (C=O) groups excluding carboxylic acids is 1. The topological polar surface area (TPSA) is 82.2 Å². The summed E-state index contributed by atoms with van der Waals surface area (Å²) in [6.45, 7) is 0. The number of hydrogen-bond acceptors (Lipinski definition) is 2. The molecule has 98 valence electrons. The summed E-state index contributed by atoms with van der Waals surface area (Å²) in [7, 11) is 0. The lowest BCUT2D eigenvalue weighted by Gasteiger charge is -2.05. The van der Waals surface area contributed by atoms with Crippen molar-refractivity contribution in [1.29, 1.82) is 0 Å². The summed E-state index contributed by atoms with van der Waals surface area (Å²) in [5.74, 6) is -1.50. The van der Waals surface area contributed by atoms with E-state index in [-0.39, 0.29) is 16.5 Å². The second-order valence-electron chi connectivity index (χ2n) is 3.72. The quantitative estimate of drug-likeness (QED) is 0.799. The Morgan fingerprint density at radius 1 is 1.26 bits per heavy atom. The van der Waals surface area contributed by atoms with Crippen molar-refractivity contribution >= 4 is 45.1 Å². The number of halogens is 2. The first-order valence-corrected chi connectivity index (χ1v) is 6.32. The Hall–Kier alpha value is -1.79. The molecule has 0 aliphatic rings. The van der Waals surface area contributed by atoms with Gasteiger partial charge in [-0.15, -0.1) is 0 Å². The molecular formula is C12H8BrClN2O3. The first-order chi connectivity index (χ1) is 8.95. The lowest BCUT2D eigenvalue weighted by molar-refractivity contribution is 0.0696. The predicted octanol–water partition coefficient (Wildman–Crippen LogP) is 3.38. The Kier molecular flexibility index (Phi) is 3.92. The van der Waals surface area contributed by atoms with Crippen molar-refractivity contribution in [2.75, 3.05) is 5.32 Å². The molecule has 5 nitrogen and oxygen atoms in total. The second-order valence-corrected chi connectivity index (χ2v) is 5.07. The van der Waals surface area contributed by atoms with Crippen molar-refractivity contribution in [3.63, 3.8) is 0 Å². The number of aromatic carboxylic acids is 1. The van der Waals surface area contributed by atoms with Crippen LogP contribution in [-0.4, -0.2) is 22.0 Å². The van der Waals surface area contributed by atoms with Gasteiger partial charge in [0.2, 0.25) is 0 Å². The van der Waals surface area contributed by atoms with E-state index in [9.17, 15) is 9.59 Å². The smallest absolute Gasteiger partial charge is 0.335 e. The fraction of sp³-hybridized carbons (Fsp3) is 0. The summed E-state index contributed by atoms with van der Waals surface area (Å²) in [4.78, 5) is 25.5. The van der Waals surface area contributed by atoms with Gasteiger partial charge in [0.1, 0.15) is 5.69 Å². The number of benzene rings is 1. The van der Waals surface area contributed by atoms with Gasteiger partial charge in [-0.2, -0.15) is 0 Å². The summed E-state index contributed by atoms with van der Waals surface area (Å²) in [6, 6.07) is 5.73. The van der Waals surface area contributed by atoms with E-state index in [1.165, 1.54) is 18.2 Å². The Morgan fingerprint density at radius 2 is 2.00 bits per heavy atom. The number of rotatable bonds is 3. The molecule has 0 atom stereocenters. The number of carboxylic acid groups (broad SMARTS) is 1. The Balaban J connectivity index is 2.23. The zero-order chi connectivity index (χ0) is 14.0. The molecule has 3 N–H and O–H groups in total. The van der Waals surface area contributed by atoms with Gasteiger partial charge in [-0.3, -0.25) is 4.79 Å². The number of carbonyl (C=O) groups is 2. The largest absolute Gasteiger partial charge is 0.478 e. The van der Waals surface area contributed by atoms with Gasteiger partial charge < -0.3 is 15.4 Å². The van der Waals surface area contributed by atoms with Crippen molar-refractivity contribution in [3.8, 4) is 0 Å². The van der Waals surface area contributed by atoms with E-state index in [2.05, 4.69) is 26.2 Å². The molecule has 7 heteroatoms. The standard InChI is InChI=1S/C12H8BrClN2O3/c13-7-3-10(15-5-7)11(17)16-9-2-6(12(18)19)1-8(14)4-9/h1-5,15H,(H,16,17)(H,18,19). The Labute approximate surface area is 121 Å². The first-order valence-electron chi connectivity index (χ1n) is 5.15. The molecule has 1 amide bonds. The van der Waals surface area contributed by atoms with Gasteiger partial charge in [-0.25, -0.2) is 4.79 Å². The Bertz CT molecular complexity index is 654. The number of anilines is 1. The van der Waals surface area contributed by atoms with Crippen molar-refractivity contribution in [3.05, 3.63) is 51.2 Å². The average molecular weight is 344 g/mol. The fourth-order valence-corrected chi connectivity index (χ4v) is 2.06. The van der Waals surface area contributed by atoms with Gasteiger partial charge in [0, 0.05) is 21.4 Å². The normalized spacial score (nSPS) is 10.2. The van der Waals surface area contributed by atoms with Gasteiger partial charge in [0.05, 0.1) is 5.56 Å². The third-order valence-electron chi connectivity index (χ3n) is 2.30. The SMILES string of the molecule is O=C(O)c1cc(Cl)cc(NC(=O)c2cc(Br)c[nH]2)c1. The molecule has 19 heavy (non-hydrogen) atoms. The van der Waals surface area contributed by atoms with Crippen LogP contribution in [0.25, 0.3) is 0 Å². The molecule has 0 saturated heterocycles. The van der Waals surface area contributed by atoms with Crippen molar-refractivity contribution in [2.24, 2.45) is 0 Å². The molecule has 1 heterocycles. The van der Waals surface area contributed by atoms with Crippen molar-refractivity contribution < 1.29 is 14.7 Å². The molecule has 0 saturated carbocycles. The van der Waals surface area contributed by atoms with E-state index >= 15 is 0 Å². The summed E-state index contributed by atoms with van der Waals surface area (Å²) < 4.78 is 0.745. The lowest BCUT2D eigenvalue weighted by Crippen LogP contribution is -2.12. The third kappa shape index (κ3) is 3.36. The molecular weight excluding hydrogens is 336 g/mol. The van der Waals surface area contributed by atoms with E-state index in [0.29, 0.717) is 11.4 Å². The number of aromatic nitrogens is 1. The van der Waals surface area contributed by atoms with Crippen molar-refractivity contribution in [1.82, 2.24) is 4.98 Å². The maximum Gasteiger partial charge on any atom is 0.335 e. The van der Waals surface area contributed by atoms with Crippen LogP contribution in [0.3, 0.4) is 0 Å². The first kappa shape index (κ1) is 13.6. The van der Waals surface area contributed by atoms with Gasteiger partial charge >= 0.3 is 5.97 Å². The molecule has 0 spiro atoms. The van der Waals surface area contributed by atoms with Crippen LogP contribution in [0.5, 0.6) is 0 Å². The summed E-state index contributed by atoms with van der Waals surface area (Å²) in [5, 5.41) is 11.7. The fourth-order valence-electron chi connectivity index (χ4n) is 1.48. The highest BCUT2D eigenvalue weighted by molar-refractivity contribution is 9.10.